The molecular formula is C31H21ClF3NO5. The molecule has 5 aromatic rings. The van der Waals surface area contributed by atoms with Crippen molar-refractivity contribution in [2.24, 2.45) is 0 Å². The minimum absolute atomic E-state index is 0.0905. The topological polar surface area (TPSA) is 88.8 Å². The number of halogens is 4. The molecule has 0 fully saturated rings. The molecule has 5 rings (SSSR count). The molecule has 208 valence electrons. The highest BCUT2D eigenvalue weighted by atomic mass is 35.5. The van der Waals surface area contributed by atoms with Crippen molar-refractivity contribution in [3.63, 3.8) is 0 Å². The maximum Gasteiger partial charge on any atom is 0.417 e. The normalized spacial score (nSPS) is 11.4. The van der Waals surface area contributed by atoms with Gasteiger partial charge in [-0.15, -0.1) is 0 Å². The van der Waals surface area contributed by atoms with Crippen molar-refractivity contribution in [2.45, 2.75) is 19.3 Å². The Kier molecular flexibility index (Phi) is 7.72. The minimum Gasteiger partial charge on any atom is -0.508 e. The van der Waals surface area contributed by atoms with Crippen LogP contribution in [0.25, 0.3) is 22.1 Å². The van der Waals surface area contributed by atoms with Crippen molar-refractivity contribution in [1.29, 1.82) is 0 Å². The second-order valence-electron chi connectivity index (χ2n) is 9.17. The van der Waals surface area contributed by atoms with Gasteiger partial charge in [0.15, 0.2) is 5.43 Å². The van der Waals surface area contributed by atoms with Crippen molar-refractivity contribution < 1.29 is 32.2 Å². The van der Waals surface area contributed by atoms with E-state index in [2.05, 4.69) is 5.32 Å². The number of nitrogens with one attached hydrogen (secondary N) is 1. The van der Waals surface area contributed by atoms with Crippen LogP contribution in [0.1, 0.15) is 27.0 Å². The van der Waals surface area contributed by atoms with E-state index in [0.717, 1.165) is 12.1 Å². The van der Waals surface area contributed by atoms with Crippen molar-refractivity contribution in [3.05, 3.63) is 129 Å². The Balaban J connectivity index is 1.24. The first-order valence-electron chi connectivity index (χ1n) is 12.3. The highest BCUT2D eigenvalue weighted by Gasteiger charge is 2.33. The van der Waals surface area contributed by atoms with Crippen LogP contribution in [0.5, 0.6) is 11.5 Å². The fourth-order valence-corrected chi connectivity index (χ4v) is 4.42. The van der Waals surface area contributed by atoms with Crippen molar-refractivity contribution in [3.8, 4) is 22.6 Å². The predicted molar refractivity (Wildman–Crippen MR) is 148 cm³/mol. The number of fused-ring (bicyclic) bond motifs is 1. The number of rotatable bonds is 7. The van der Waals surface area contributed by atoms with Gasteiger partial charge in [-0.05, 0) is 65.2 Å². The van der Waals surface area contributed by atoms with Crippen LogP contribution in [0.2, 0.25) is 5.02 Å². The van der Waals surface area contributed by atoms with Gasteiger partial charge in [-0.1, -0.05) is 41.9 Å². The van der Waals surface area contributed by atoms with Gasteiger partial charge in [0.05, 0.1) is 21.5 Å². The molecule has 10 heteroatoms. The summed E-state index contributed by atoms with van der Waals surface area (Å²) in [5, 5.41) is 12.1. The third kappa shape index (κ3) is 6.36. The van der Waals surface area contributed by atoms with Gasteiger partial charge in [0.1, 0.15) is 30.0 Å². The lowest BCUT2D eigenvalue weighted by Crippen LogP contribution is -2.23. The lowest BCUT2D eigenvalue weighted by Gasteiger charge is -2.12. The van der Waals surface area contributed by atoms with E-state index in [1.165, 1.54) is 24.5 Å². The van der Waals surface area contributed by atoms with Gasteiger partial charge in [0.2, 0.25) is 0 Å². The molecule has 0 aliphatic heterocycles. The van der Waals surface area contributed by atoms with Crippen molar-refractivity contribution in [2.75, 3.05) is 0 Å². The number of carbonyl (C=O) groups is 1. The van der Waals surface area contributed by atoms with Crippen LogP contribution in [-0.2, 0) is 19.3 Å². The maximum absolute atomic E-state index is 13.1. The summed E-state index contributed by atoms with van der Waals surface area (Å²) in [5.74, 6) is 0.0659. The largest absolute Gasteiger partial charge is 0.508 e. The SMILES string of the molecule is O=C(NCc1ccc(Cl)c(C(F)(F)F)c1)c1cccc(COc2ccc3c(=O)c(-c4ccc(O)cc4)coc3c2)c1. The molecule has 41 heavy (non-hydrogen) atoms. The lowest BCUT2D eigenvalue weighted by molar-refractivity contribution is -0.137. The number of phenols is 1. The lowest BCUT2D eigenvalue weighted by atomic mass is 10.1. The van der Waals surface area contributed by atoms with E-state index in [1.807, 2.05) is 0 Å². The van der Waals surface area contributed by atoms with Gasteiger partial charge in [0, 0.05) is 18.2 Å². The molecule has 1 amide bonds. The molecule has 0 aliphatic carbocycles. The minimum atomic E-state index is -4.60. The molecule has 0 saturated carbocycles. The van der Waals surface area contributed by atoms with E-state index < -0.39 is 22.7 Å². The Morgan fingerprint density at radius 1 is 0.951 bits per heavy atom. The number of aromatic hydroxyl groups is 1. The summed E-state index contributed by atoms with van der Waals surface area (Å²) in [5.41, 5.74) is 1.35. The summed E-state index contributed by atoms with van der Waals surface area (Å²) in [6, 6.07) is 21.2. The van der Waals surface area contributed by atoms with Crippen molar-refractivity contribution in [1.82, 2.24) is 5.32 Å². The standard InChI is InChI=1S/C31H21ClF3NO5/c32-27-11-4-18(13-26(27)31(33,34)35)15-36-30(39)21-3-1-2-19(12-21)16-40-23-9-10-24-28(14-23)41-17-25(29(24)38)20-5-7-22(37)8-6-20/h1-14,17,37H,15-16H2,(H,36,39). The number of hydrogen-bond acceptors (Lipinski definition) is 5. The van der Waals surface area contributed by atoms with Crippen LogP contribution in [-0.4, -0.2) is 11.0 Å². The van der Waals surface area contributed by atoms with Crippen LogP contribution < -0.4 is 15.5 Å². The summed E-state index contributed by atoms with van der Waals surface area (Å²) < 4.78 is 50.9. The Morgan fingerprint density at radius 3 is 2.49 bits per heavy atom. The third-order valence-corrected chi connectivity index (χ3v) is 6.64. The quantitative estimate of drug-likeness (QED) is 0.210. The number of amides is 1. The smallest absolute Gasteiger partial charge is 0.417 e. The highest BCUT2D eigenvalue weighted by Crippen LogP contribution is 2.35. The van der Waals surface area contributed by atoms with E-state index in [0.29, 0.717) is 39.0 Å². The van der Waals surface area contributed by atoms with Gasteiger partial charge < -0.3 is 19.6 Å². The zero-order valence-electron chi connectivity index (χ0n) is 21.2. The average molecular weight is 580 g/mol. The van der Waals surface area contributed by atoms with E-state index in [1.54, 1.807) is 54.6 Å². The molecule has 0 radical (unpaired) electrons. The fraction of sp³-hybridized carbons (Fsp3) is 0.0968. The number of hydrogen-bond donors (Lipinski definition) is 2. The molecule has 4 aromatic carbocycles. The number of benzene rings is 4. The molecule has 0 spiro atoms. The summed E-state index contributed by atoms with van der Waals surface area (Å²) in [6.07, 6.45) is -3.24. The number of carbonyl (C=O) groups excluding carboxylic acids is 1. The van der Waals surface area contributed by atoms with E-state index in [9.17, 15) is 27.9 Å². The number of ether oxygens (including phenoxy) is 1. The molecular weight excluding hydrogens is 559 g/mol. The summed E-state index contributed by atoms with van der Waals surface area (Å²) >= 11 is 5.65. The van der Waals surface area contributed by atoms with E-state index in [-0.39, 0.29) is 29.9 Å². The molecule has 0 saturated heterocycles. The van der Waals surface area contributed by atoms with Crippen LogP contribution >= 0.6 is 11.6 Å². The molecule has 0 unspecified atom stereocenters. The first kappa shape index (κ1) is 27.8. The molecule has 0 atom stereocenters. The van der Waals surface area contributed by atoms with Crippen molar-refractivity contribution >= 4 is 28.5 Å². The first-order valence-corrected chi connectivity index (χ1v) is 12.7. The molecule has 1 aromatic heterocycles. The zero-order valence-corrected chi connectivity index (χ0v) is 21.9. The predicted octanol–water partition coefficient (Wildman–Crippen LogP) is 7.35. The Hall–Kier alpha value is -4.76. The van der Waals surface area contributed by atoms with E-state index in [4.69, 9.17) is 20.8 Å². The zero-order chi connectivity index (χ0) is 29.1. The number of alkyl halides is 3. The first-order chi connectivity index (χ1) is 19.6. The fourth-order valence-electron chi connectivity index (χ4n) is 4.19. The Labute approximate surface area is 236 Å². The van der Waals surface area contributed by atoms with Gasteiger partial charge in [-0.2, -0.15) is 13.2 Å². The number of phenolic OH excluding ortho intramolecular Hbond substituents is 1. The third-order valence-electron chi connectivity index (χ3n) is 6.31. The van der Waals surface area contributed by atoms with Crippen LogP contribution in [0.3, 0.4) is 0 Å². The molecule has 6 nitrogen and oxygen atoms in total. The second-order valence-corrected chi connectivity index (χ2v) is 9.57. The average Bonchev–Trinajstić information content (AvgIpc) is 2.96. The maximum atomic E-state index is 13.1. The highest BCUT2D eigenvalue weighted by molar-refractivity contribution is 6.31. The molecule has 2 N–H and O–H groups in total. The molecule has 1 heterocycles. The molecule has 0 bridgehead atoms. The summed E-state index contributed by atoms with van der Waals surface area (Å²) in [6.45, 7) is -0.00879. The second kappa shape index (κ2) is 11.4. The van der Waals surface area contributed by atoms with Crippen LogP contribution in [0.15, 0.2) is 100 Å². The summed E-state index contributed by atoms with van der Waals surface area (Å²) in [7, 11) is 0. The van der Waals surface area contributed by atoms with Gasteiger partial charge in [0.25, 0.3) is 5.91 Å². The van der Waals surface area contributed by atoms with Gasteiger partial charge in [-0.3, -0.25) is 9.59 Å². The summed E-state index contributed by atoms with van der Waals surface area (Å²) in [4.78, 5) is 25.6. The molecule has 0 aliphatic rings. The van der Waals surface area contributed by atoms with Gasteiger partial charge in [-0.25, -0.2) is 0 Å². The van der Waals surface area contributed by atoms with Crippen LogP contribution in [0.4, 0.5) is 13.2 Å². The van der Waals surface area contributed by atoms with Gasteiger partial charge >= 0.3 is 6.18 Å². The monoisotopic (exact) mass is 579 g/mol. The Morgan fingerprint density at radius 2 is 1.73 bits per heavy atom. The van der Waals surface area contributed by atoms with E-state index >= 15 is 0 Å². The van der Waals surface area contributed by atoms with Crippen LogP contribution in [0, 0.1) is 0 Å². The Bertz CT molecular complexity index is 1800.